The van der Waals surface area contributed by atoms with Crippen LogP contribution < -0.4 is 42.4 Å². The van der Waals surface area contributed by atoms with Crippen LogP contribution in [-0.2, 0) is 11.8 Å². The van der Waals surface area contributed by atoms with Gasteiger partial charge in [0.2, 0.25) is 16.3 Å². The number of furan rings is 1. The molecule has 0 aliphatic heterocycles. The molecule has 1 aromatic carbocycles. The molecule has 0 bridgehead atoms. The lowest BCUT2D eigenvalue weighted by Gasteiger charge is -2.28. The summed E-state index contributed by atoms with van der Waals surface area (Å²) >= 11 is 0. The maximum atomic E-state index is 13.8. The van der Waals surface area contributed by atoms with Crippen molar-refractivity contribution in [2.45, 2.75) is 25.2 Å². The van der Waals surface area contributed by atoms with Gasteiger partial charge in [-0.2, -0.15) is 0 Å². The van der Waals surface area contributed by atoms with E-state index in [4.69, 9.17) is 9.15 Å². The Morgan fingerprint density at radius 2 is 1.64 bits per heavy atom. The molecule has 2 aromatic heterocycles. The van der Waals surface area contributed by atoms with Crippen molar-refractivity contribution < 1.29 is 24.5 Å². The molecule has 4 N–H and O–H groups in total. The van der Waals surface area contributed by atoms with E-state index in [1.54, 1.807) is 30.4 Å². The van der Waals surface area contributed by atoms with Crippen molar-refractivity contribution in [3.8, 4) is 22.6 Å². The number of nitrogens with one attached hydrogen (secondary N) is 1. The summed E-state index contributed by atoms with van der Waals surface area (Å²) < 4.78 is 10.3. The van der Waals surface area contributed by atoms with E-state index in [9.17, 15) is 39.3 Å². The highest BCUT2D eigenvalue weighted by Crippen LogP contribution is 2.57. The molecule has 0 unspecified atom stereocenters. The van der Waals surface area contributed by atoms with E-state index in [-0.39, 0.29) is 23.8 Å². The number of benzene rings is 1. The smallest absolute Gasteiger partial charge is 0.260 e. The first-order valence-corrected chi connectivity index (χ1v) is 13.9. The molecular formula is C34H23NO10. The van der Waals surface area contributed by atoms with E-state index in [1.165, 1.54) is 12.5 Å². The van der Waals surface area contributed by atoms with Crippen LogP contribution in [0.4, 0.5) is 0 Å². The third-order valence-electron chi connectivity index (χ3n) is 8.84. The summed E-state index contributed by atoms with van der Waals surface area (Å²) in [5.74, 6) is -2.57. The van der Waals surface area contributed by atoms with Crippen molar-refractivity contribution in [2.75, 3.05) is 7.11 Å². The molecule has 0 amide bonds. The van der Waals surface area contributed by atoms with Crippen molar-refractivity contribution in [3.63, 3.8) is 0 Å². The van der Waals surface area contributed by atoms with E-state index in [0.717, 1.165) is 13.2 Å². The summed E-state index contributed by atoms with van der Waals surface area (Å²) in [4.78, 5) is 69.7. The van der Waals surface area contributed by atoms with E-state index >= 15 is 0 Å². The number of rotatable bonds is 4. The van der Waals surface area contributed by atoms with Crippen molar-refractivity contribution in [2.24, 2.45) is 0 Å². The van der Waals surface area contributed by atoms with Crippen LogP contribution in [-0.4, -0.2) is 27.4 Å². The summed E-state index contributed by atoms with van der Waals surface area (Å²) in [6, 6.07) is 4.12. The molecule has 4 aliphatic rings. The Morgan fingerprint density at radius 3 is 2.29 bits per heavy atom. The Hall–Kier alpha value is -5.97. The Bertz CT molecular complexity index is 2670. The monoisotopic (exact) mass is 605 g/mol. The fourth-order valence-corrected chi connectivity index (χ4v) is 6.96. The maximum Gasteiger partial charge on any atom is 0.260 e. The number of pyridine rings is 1. The van der Waals surface area contributed by atoms with Crippen LogP contribution in [0.5, 0.6) is 11.5 Å². The first-order valence-electron chi connectivity index (χ1n) is 13.9. The molecule has 1 spiro atoms. The van der Waals surface area contributed by atoms with Gasteiger partial charge in [0, 0.05) is 28.3 Å². The Kier molecular flexibility index (Phi) is 5.89. The summed E-state index contributed by atoms with van der Waals surface area (Å²) in [5, 5.41) is 32.8. The topological polar surface area (TPSA) is 184 Å². The number of aliphatic hydroxyl groups is 2. The van der Waals surface area contributed by atoms with Gasteiger partial charge >= 0.3 is 0 Å². The predicted octanol–water partition coefficient (Wildman–Crippen LogP) is 1.36. The molecule has 2 heterocycles. The Morgan fingerprint density at radius 1 is 0.933 bits per heavy atom. The minimum Gasteiger partial charge on any atom is -0.510 e. The zero-order valence-corrected chi connectivity index (χ0v) is 23.8. The number of aliphatic hydroxyl groups excluding tert-OH is 2. The standard InChI is InChI=1S/C34H23NO10/c1-3-4-5-6-15-11-17-20(14-8-10-45-13-14)16-7-9-34(26(16)30(40)21(17)33(43)35-15)31(41)24-25(32(34)42)29(39)23-22(28(24)38)18(36)12-19(44-2)27(23)37/h3-6,8,10-13,40-42H,7,9H2,1-2H3,(H,35,43)/b4-3+,6-5+/t34-/m0/s1. The zero-order valence-electron chi connectivity index (χ0n) is 23.8. The zero-order chi connectivity index (χ0) is 31.9. The number of aromatic amines is 1. The molecular weight excluding hydrogens is 582 g/mol. The average molecular weight is 606 g/mol. The molecule has 0 saturated carbocycles. The van der Waals surface area contributed by atoms with Crippen molar-refractivity contribution >= 4 is 28.4 Å². The van der Waals surface area contributed by atoms with Crippen molar-refractivity contribution in [3.05, 3.63) is 138 Å². The lowest BCUT2D eigenvalue weighted by atomic mass is 9.77. The normalized spacial score (nSPS) is 17.5. The number of ether oxygens (including phenoxy) is 1. The molecule has 11 heteroatoms. The van der Waals surface area contributed by atoms with Gasteiger partial charge in [-0.15, -0.1) is 0 Å². The third-order valence-corrected chi connectivity index (χ3v) is 8.84. The van der Waals surface area contributed by atoms with Crippen LogP contribution in [0.25, 0.3) is 39.5 Å². The summed E-state index contributed by atoms with van der Waals surface area (Å²) in [6.45, 7) is 1.84. The van der Waals surface area contributed by atoms with Crippen LogP contribution in [0.1, 0.15) is 30.2 Å². The molecule has 4 aliphatic carbocycles. The largest absolute Gasteiger partial charge is 0.510 e. The Balaban J connectivity index is 1.67. The second-order valence-electron chi connectivity index (χ2n) is 11.0. The first-order chi connectivity index (χ1) is 21.6. The average Bonchev–Trinajstić information content (AvgIpc) is 3.73. The van der Waals surface area contributed by atoms with Gasteiger partial charge in [0.1, 0.15) is 22.7 Å². The number of aromatic nitrogens is 1. The minimum absolute atomic E-state index is 0.0785. The van der Waals surface area contributed by atoms with Gasteiger partial charge in [-0.1, -0.05) is 18.2 Å². The quantitative estimate of drug-likeness (QED) is 0.218. The highest BCUT2D eigenvalue weighted by molar-refractivity contribution is 6.05. The molecule has 45 heavy (non-hydrogen) atoms. The van der Waals surface area contributed by atoms with Gasteiger partial charge in [-0.25, -0.2) is 0 Å². The van der Waals surface area contributed by atoms with Gasteiger partial charge in [0.15, 0.2) is 11.2 Å². The van der Waals surface area contributed by atoms with Crippen molar-refractivity contribution in [1.29, 1.82) is 0 Å². The van der Waals surface area contributed by atoms with E-state index in [0.29, 0.717) is 27.8 Å². The van der Waals surface area contributed by atoms with Crippen molar-refractivity contribution in [1.82, 2.24) is 4.98 Å². The lowest BCUT2D eigenvalue weighted by molar-refractivity contribution is 0.362. The van der Waals surface area contributed by atoms with Crippen LogP contribution in [0.3, 0.4) is 0 Å². The van der Waals surface area contributed by atoms with Crippen LogP contribution in [0.15, 0.2) is 77.3 Å². The SMILES string of the molecule is C/C=C/C=C/c1cc2c(-c3ccoc3)c3c(c(O)c2c(=O)[nH]1)[C@@]1(CC3)C(O)=c2c(=O)c3c(=O)cc(OC)c(=O)c=3c(=O)c2=C1O. The second-order valence-corrected chi connectivity index (χ2v) is 11.0. The van der Waals surface area contributed by atoms with Gasteiger partial charge < -0.3 is 29.5 Å². The number of phenols is 1. The number of allylic oxidation sites excluding steroid dienone is 3. The minimum atomic E-state index is -2.03. The van der Waals surface area contributed by atoms with Gasteiger partial charge in [-0.3, -0.25) is 24.0 Å². The van der Waals surface area contributed by atoms with E-state index in [1.807, 2.05) is 13.0 Å². The number of aromatic hydroxyl groups is 1. The fraction of sp³-hybridized carbons (Fsp3) is 0.147. The predicted molar refractivity (Wildman–Crippen MR) is 165 cm³/mol. The highest BCUT2D eigenvalue weighted by Gasteiger charge is 2.54. The number of hydrogen-bond acceptors (Lipinski definition) is 10. The molecule has 7 rings (SSSR count). The number of H-pyrrole nitrogens is 1. The van der Waals surface area contributed by atoms with Crippen LogP contribution in [0, 0.1) is 10.4 Å². The highest BCUT2D eigenvalue weighted by atomic mass is 16.5. The lowest BCUT2D eigenvalue weighted by Crippen LogP contribution is -2.51. The van der Waals surface area contributed by atoms with Crippen LogP contribution >= 0.6 is 0 Å². The summed E-state index contributed by atoms with van der Waals surface area (Å²) in [6.07, 6.45) is 9.87. The van der Waals surface area contributed by atoms with Crippen LogP contribution in [0.2, 0.25) is 0 Å². The number of phenolic OH excluding ortho intramolecular Hbond substituents is 1. The molecule has 1 atom stereocenters. The molecule has 3 aromatic rings. The van der Waals surface area contributed by atoms with Gasteiger partial charge in [-0.05, 0) is 49.1 Å². The second kappa shape index (κ2) is 9.52. The number of methoxy groups -OCH3 is 1. The molecule has 0 fully saturated rings. The molecule has 0 radical (unpaired) electrons. The summed E-state index contributed by atoms with van der Waals surface area (Å²) in [7, 11) is 1.12. The van der Waals surface area contributed by atoms with E-state index < -0.39 is 76.6 Å². The van der Waals surface area contributed by atoms with E-state index in [2.05, 4.69) is 4.98 Å². The molecule has 224 valence electrons. The maximum absolute atomic E-state index is 13.8. The van der Waals surface area contributed by atoms with Gasteiger partial charge in [0.25, 0.3) is 5.56 Å². The third kappa shape index (κ3) is 3.43. The van der Waals surface area contributed by atoms with Gasteiger partial charge in [0.05, 0.1) is 45.9 Å². The number of fused-ring (bicyclic) bond motifs is 4. The molecule has 0 saturated heterocycles. The molecule has 11 nitrogen and oxygen atoms in total. The Labute approximate surface area is 250 Å². The summed E-state index contributed by atoms with van der Waals surface area (Å²) in [5.41, 5.74) is -5.13. The first kappa shape index (κ1) is 27.8. The number of hydrogen-bond donors (Lipinski definition) is 4. The fourth-order valence-electron chi connectivity index (χ4n) is 6.96.